The third kappa shape index (κ3) is 14.7. The van der Waals surface area contributed by atoms with Crippen molar-refractivity contribution in [1.29, 1.82) is 0 Å². The Balaban J connectivity index is 2.01. The van der Waals surface area contributed by atoms with E-state index in [1.807, 2.05) is 41.5 Å². The van der Waals surface area contributed by atoms with Crippen LogP contribution in [0.2, 0.25) is 0 Å². The lowest BCUT2D eigenvalue weighted by molar-refractivity contribution is -0.141. The van der Waals surface area contributed by atoms with Crippen molar-refractivity contribution in [2.45, 2.75) is 248 Å². The first-order valence-corrected chi connectivity index (χ1v) is 23.1. The predicted molar refractivity (Wildman–Crippen MR) is 241 cm³/mol. The number of Topliss-reactive ketones (excluding diaryl/α,β-unsaturated/α-hetero) is 3. The molecule has 2 aliphatic heterocycles. The largest absolute Gasteiger partial charge is 0.449 e. The predicted octanol–water partition coefficient (Wildman–Crippen LogP) is 10.9. The monoisotopic (exact) mass is 817 g/mol. The minimum absolute atomic E-state index is 0.0767. The van der Waals surface area contributed by atoms with E-state index in [4.69, 9.17) is 4.74 Å². The van der Waals surface area contributed by atoms with E-state index in [2.05, 4.69) is 98.6 Å². The summed E-state index contributed by atoms with van der Waals surface area (Å²) in [4.78, 5) is 59.4. The number of ether oxygens (including phenoxy) is 1. The number of hydrogen-bond donors (Lipinski definition) is 2. The smallest absolute Gasteiger partial charge is 0.409 e. The zero-order valence-corrected chi connectivity index (χ0v) is 41.2. The van der Waals surface area contributed by atoms with E-state index in [0.717, 1.165) is 90.0 Å². The summed E-state index contributed by atoms with van der Waals surface area (Å²) in [5, 5.41) is 7.43. The zero-order valence-electron chi connectivity index (χ0n) is 41.2. The van der Waals surface area contributed by atoms with Crippen LogP contribution in [0.5, 0.6) is 0 Å². The molecular formula is C49H92N4O5. The number of nitrogens with one attached hydrogen (secondary N) is 2. The second kappa shape index (κ2) is 19.5. The average molecular weight is 817 g/mol. The van der Waals surface area contributed by atoms with E-state index >= 15 is 0 Å². The molecule has 2 saturated heterocycles. The molecule has 2 aliphatic rings. The van der Waals surface area contributed by atoms with Gasteiger partial charge in [0, 0.05) is 46.0 Å². The number of nitrogens with zero attached hydrogens (tertiary/aromatic N) is 2. The highest BCUT2D eigenvalue weighted by molar-refractivity contribution is 5.94. The van der Waals surface area contributed by atoms with E-state index in [9.17, 15) is 19.2 Å². The Bertz CT molecular complexity index is 1380. The normalized spacial score (nSPS) is 22.6. The van der Waals surface area contributed by atoms with Crippen LogP contribution in [0.1, 0.15) is 215 Å². The fourth-order valence-corrected chi connectivity index (χ4v) is 10.2. The lowest BCUT2D eigenvalue weighted by Gasteiger charge is -2.48. The number of hydrogen-bond acceptors (Lipinski definition) is 8. The number of ketones is 3. The first-order valence-electron chi connectivity index (χ1n) is 23.1. The van der Waals surface area contributed by atoms with Crippen LogP contribution < -0.4 is 10.6 Å². The molecular weight excluding hydrogens is 725 g/mol. The highest BCUT2D eigenvalue weighted by atomic mass is 16.6. The molecule has 0 bridgehead atoms. The summed E-state index contributed by atoms with van der Waals surface area (Å²) in [5.74, 6) is 0.780. The molecule has 9 nitrogen and oxygen atoms in total. The summed E-state index contributed by atoms with van der Waals surface area (Å²) in [5.41, 5.74) is -3.82. The fraction of sp³-hybridized carbons (Fsp3) is 0.918. The molecule has 2 rings (SSSR count). The van der Waals surface area contributed by atoms with Crippen LogP contribution in [-0.4, -0.2) is 92.7 Å². The van der Waals surface area contributed by atoms with Gasteiger partial charge >= 0.3 is 6.09 Å². The quantitative estimate of drug-likeness (QED) is 0.124. The van der Waals surface area contributed by atoms with Gasteiger partial charge in [-0.3, -0.25) is 24.6 Å². The topological polar surface area (TPSA) is 108 Å². The van der Waals surface area contributed by atoms with Crippen LogP contribution in [0.4, 0.5) is 4.79 Å². The van der Waals surface area contributed by atoms with Crippen molar-refractivity contribution in [1.82, 2.24) is 20.4 Å². The number of likely N-dealkylation sites (tertiary alicyclic amines) is 2. The van der Waals surface area contributed by atoms with Gasteiger partial charge < -0.3 is 15.0 Å². The van der Waals surface area contributed by atoms with Crippen molar-refractivity contribution in [3.63, 3.8) is 0 Å². The molecule has 58 heavy (non-hydrogen) atoms. The maximum Gasteiger partial charge on any atom is 0.409 e. The molecule has 1 amide bonds. The molecule has 0 aromatic heterocycles. The van der Waals surface area contributed by atoms with Crippen LogP contribution in [0.3, 0.4) is 0 Å². The van der Waals surface area contributed by atoms with Crippen molar-refractivity contribution in [2.24, 2.45) is 16.2 Å². The highest BCUT2D eigenvalue weighted by Gasteiger charge is 2.54. The summed E-state index contributed by atoms with van der Waals surface area (Å²) in [6.45, 7) is 39.7. The van der Waals surface area contributed by atoms with Crippen molar-refractivity contribution in [2.75, 3.05) is 26.2 Å². The van der Waals surface area contributed by atoms with Gasteiger partial charge in [0.25, 0.3) is 0 Å². The molecule has 0 aliphatic carbocycles. The van der Waals surface area contributed by atoms with Gasteiger partial charge in [-0.15, -0.1) is 0 Å². The Morgan fingerprint density at radius 1 is 0.586 bits per heavy atom. The van der Waals surface area contributed by atoms with E-state index in [1.165, 1.54) is 0 Å². The van der Waals surface area contributed by atoms with Crippen molar-refractivity contribution in [3.8, 4) is 0 Å². The van der Waals surface area contributed by atoms with Gasteiger partial charge in [0.2, 0.25) is 0 Å². The number of carbonyl (C=O) groups is 4. The van der Waals surface area contributed by atoms with E-state index < -0.39 is 32.9 Å². The Morgan fingerprint density at radius 3 is 1.59 bits per heavy atom. The van der Waals surface area contributed by atoms with Crippen LogP contribution in [-0.2, 0) is 19.1 Å². The average Bonchev–Trinajstić information content (AvgIpc) is 3.67. The first-order chi connectivity index (χ1) is 26.1. The van der Waals surface area contributed by atoms with Gasteiger partial charge in [0.15, 0.2) is 17.3 Å². The molecule has 0 saturated carbocycles. The maximum atomic E-state index is 14.4. The van der Waals surface area contributed by atoms with Crippen molar-refractivity contribution >= 4 is 23.4 Å². The van der Waals surface area contributed by atoms with Crippen LogP contribution in [0.25, 0.3) is 0 Å². The Kier molecular flexibility index (Phi) is 17.6. The third-order valence-corrected chi connectivity index (χ3v) is 12.1. The van der Waals surface area contributed by atoms with Gasteiger partial charge in [-0.05, 0) is 114 Å². The highest BCUT2D eigenvalue weighted by Crippen LogP contribution is 2.44. The molecule has 0 aromatic rings. The van der Waals surface area contributed by atoms with Crippen molar-refractivity contribution in [3.05, 3.63) is 0 Å². The summed E-state index contributed by atoms with van der Waals surface area (Å²) in [6, 6.07) is 0. The van der Waals surface area contributed by atoms with E-state index in [-0.39, 0.29) is 34.3 Å². The van der Waals surface area contributed by atoms with E-state index in [1.54, 1.807) is 4.90 Å². The SMILES string of the molecule is CC(C)(C)NC(CCCCCCCOC(=O)N1CC[C@@](NC(C)(C)C)(C(=O)C(C)(C)C)C1)(CCCCC[C@@]1(C(=O)C(C)(C)C)CCCN1C(C)(C)C)C(=O)C(C)(C)C. The van der Waals surface area contributed by atoms with Gasteiger partial charge in [0.05, 0.1) is 23.2 Å². The zero-order chi connectivity index (χ0) is 44.8. The molecule has 2 heterocycles. The summed E-state index contributed by atoms with van der Waals surface area (Å²) >= 11 is 0. The molecule has 9 heteroatoms. The number of rotatable bonds is 19. The summed E-state index contributed by atoms with van der Waals surface area (Å²) in [7, 11) is 0. The van der Waals surface area contributed by atoms with Gasteiger partial charge in [-0.25, -0.2) is 4.79 Å². The second-order valence-corrected chi connectivity index (χ2v) is 24.5. The second-order valence-electron chi connectivity index (χ2n) is 24.5. The fourth-order valence-electron chi connectivity index (χ4n) is 10.2. The van der Waals surface area contributed by atoms with Gasteiger partial charge in [0.1, 0.15) is 0 Å². The maximum absolute atomic E-state index is 14.4. The molecule has 0 radical (unpaired) electrons. The minimum Gasteiger partial charge on any atom is -0.449 e. The molecule has 2 fully saturated rings. The minimum atomic E-state index is -0.778. The molecule has 0 aromatic carbocycles. The van der Waals surface area contributed by atoms with Crippen molar-refractivity contribution < 1.29 is 23.9 Å². The van der Waals surface area contributed by atoms with Crippen LogP contribution >= 0.6 is 0 Å². The standard InChI is InChI=1S/C49H92N4O5/c1-41(2,3)37(54)47(50-44(10,11)12,29-24-22-25-30-49(39(56)43(7,8)9)31-27-33-53(49)46(16,17)18)28-23-20-19-21-26-35-58-40(57)52-34-32-48(36-52,51-45(13,14)15)38(55)42(4,5)6/h50-51H,19-36H2,1-18H3/t47?,48-,49-/m0/s1. The number of unbranched alkanes of at least 4 members (excludes halogenated alkanes) is 6. The van der Waals surface area contributed by atoms with Gasteiger partial charge in [-0.2, -0.15) is 0 Å². The first kappa shape index (κ1) is 52.3. The van der Waals surface area contributed by atoms with Crippen LogP contribution in [0, 0.1) is 16.2 Å². The Morgan fingerprint density at radius 2 is 1.10 bits per heavy atom. The summed E-state index contributed by atoms with van der Waals surface area (Å²) in [6.07, 6.45) is 12.2. The Labute approximate surface area is 357 Å². The lowest BCUT2D eigenvalue weighted by atomic mass is 9.71. The summed E-state index contributed by atoms with van der Waals surface area (Å²) < 4.78 is 5.73. The Hall–Kier alpha value is -1.84. The number of amides is 1. The molecule has 0 spiro atoms. The number of carbonyl (C=O) groups excluding carboxylic acids is 4. The van der Waals surface area contributed by atoms with Crippen LogP contribution in [0.15, 0.2) is 0 Å². The molecule has 2 N–H and O–H groups in total. The molecule has 1 unspecified atom stereocenters. The van der Waals surface area contributed by atoms with E-state index in [0.29, 0.717) is 31.9 Å². The molecule has 3 atom stereocenters. The lowest BCUT2D eigenvalue weighted by Crippen LogP contribution is -2.63. The van der Waals surface area contributed by atoms with Gasteiger partial charge in [-0.1, -0.05) is 107 Å². The third-order valence-electron chi connectivity index (χ3n) is 12.1. The molecule has 338 valence electrons.